The van der Waals surface area contributed by atoms with E-state index in [4.69, 9.17) is 5.26 Å². The second-order valence-electron chi connectivity index (χ2n) is 2.55. The van der Waals surface area contributed by atoms with E-state index in [1.807, 2.05) is 0 Å². The van der Waals surface area contributed by atoms with Gasteiger partial charge in [-0.15, -0.1) is 0 Å². The number of sulfone groups is 1. The molecule has 0 saturated heterocycles. The average Bonchev–Trinajstić information content (AvgIpc) is 2.04. The SMILES string of the molecule is N#CCS(=O)(=O)Cc1ccncc1. The van der Waals surface area contributed by atoms with Crippen LogP contribution in [0.3, 0.4) is 0 Å². The third-order valence-corrected chi connectivity index (χ3v) is 2.76. The molecular weight excluding hydrogens is 188 g/mol. The van der Waals surface area contributed by atoms with E-state index in [0.29, 0.717) is 5.56 Å². The van der Waals surface area contributed by atoms with Gasteiger partial charge in [0.25, 0.3) is 0 Å². The first-order valence-electron chi connectivity index (χ1n) is 3.60. The molecule has 0 fully saturated rings. The van der Waals surface area contributed by atoms with Gasteiger partial charge in [0.2, 0.25) is 0 Å². The first kappa shape index (κ1) is 9.68. The van der Waals surface area contributed by atoms with Crippen molar-refractivity contribution < 1.29 is 8.42 Å². The maximum absolute atomic E-state index is 11.2. The van der Waals surface area contributed by atoms with Crippen LogP contribution in [0.1, 0.15) is 5.56 Å². The van der Waals surface area contributed by atoms with Crippen molar-refractivity contribution in [1.29, 1.82) is 5.26 Å². The fourth-order valence-electron chi connectivity index (χ4n) is 0.882. The van der Waals surface area contributed by atoms with E-state index in [9.17, 15) is 8.42 Å². The Labute approximate surface area is 76.8 Å². The molecule has 1 rings (SSSR count). The Kier molecular flexibility index (Phi) is 2.98. The number of rotatable bonds is 3. The molecule has 5 heteroatoms. The van der Waals surface area contributed by atoms with Crippen molar-refractivity contribution in [1.82, 2.24) is 4.98 Å². The molecule has 0 atom stereocenters. The van der Waals surface area contributed by atoms with E-state index < -0.39 is 15.6 Å². The minimum absolute atomic E-state index is 0.0942. The van der Waals surface area contributed by atoms with Crippen LogP contribution in [0.15, 0.2) is 24.5 Å². The Bertz CT molecular complexity index is 406. The maximum Gasteiger partial charge on any atom is 0.167 e. The molecule has 1 heterocycles. The summed E-state index contributed by atoms with van der Waals surface area (Å²) in [5, 5.41) is 8.24. The largest absolute Gasteiger partial charge is 0.265 e. The molecule has 0 saturated carbocycles. The molecule has 0 bridgehead atoms. The average molecular weight is 196 g/mol. The Morgan fingerprint density at radius 1 is 1.38 bits per heavy atom. The molecule has 0 aliphatic carbocycles. The molecule has 0 radical (unpaired) electrons. The zero-order valence-electron chi connectivity index (χ0n) is 6.84. The van der Waals surface area contributed by atoms with Gasteiger partial charge >= 0.3 is 0 Å². The predicted octanol–water partition coefficient (Wildman–Crippen LogP) is 0.520. The molecule has 1 aromatic rings. The fourth-order valence-corrected chi connectivity index (χ4v) is 1.88. The monoisotopic (exact) mass is 196 g/mol. The molecule has 0 aliphatic rings. The quantitative estimate of drug-likeness (QED) is 0.706. The van der Waals surface area contributed by atoms with Gasteiger partial charge in [-0.1, -0.05) is 0 Å². The molecule has 0 amide bonds. The summed E-state index contributed by atoms with van der Waals surface area (Å²) in [6.45, 7) is 0. The maximum atomic E-state index is 11.2. The van der Waals surface area contributed by atoms with Gasteiger partial charge in [-0.05, 0) is 17.7 Å². The Morgan fingerprint density at radius 3 is 2.54 bits per heavy atom. The van der Waals surface area contributed by atoms with Crippen LogP contribution in [0, 0.1) is 11.3 Å². The Balaban J connectivity index is 2.77. The van der Waals surface area contributed by atoms with E-state index in [0.717, 1.165) is 0 Å². The molecule has 0 aliphatic heterocycles. The van der Waals surface area contributed by atoms with E-state index in [1.165, 1.54) is 12.4 Å². The number of nitriles is 1. The van der Waals surface area contributed by atoms with Gasteiger partial charge in [0.05, 0.1) is 11.8 Å². The van der Waals surface area contributed by atoms with Crippen molar-refractivity contribution in [3.8, 4) is 6.07 Å². The molecule has 0 aromatic carbocycles. The second-order valence-corrected chi connectivity index (χ2v) is 4.61. The van der Waals surface area contributed by atoms with Crippen molar-refractivity contribution in [2.45, 2.75) is 5.75 Å². The van der Waals surface area contributed by atoms with Crippen molar-refractivity contribution in [2.24, 2.45) is 0 Å². The summed E-state index contributed by atoms with van der Waals surface area (Å²) in [4.78, 5) is 3.76. The van der Waals surface area contributed by atoms with Crippen molar-refractivity contribution in [2.75, 3.05) is 5.75 Å². The van der Waals surface area contributed by atoms with Crippen LogP contribution in [-0.2, 0) is 15.6 Å². The Morgan fingerprint density at radius 2 is 2.00 bits per heavy atom. The van der Waals surface area contributed by atoms with Gasteiger partial charge in [0.1, 0.15) is 5.75 Å². The summed E-state index contributed by atoms with van der Waals surface area (Å²) in [5.74, 6) is -0.529. The van der Waals surface area contributed by atoms with Crippen LogP contribution in [-0.4, -0.2) is 19.2 Å². The summed E-state index contributed by atoms with van der Waals surface area (Å²) < 4.78 is 22.3. The minimum Gasteiger partial charge on any atom is -0.265 e. The van der Waals surface area contributed by atoms with Crippen LogP contribution >= 0.6 is 0 Å². The standard InChI is InChI=1S/C8H8N2O2S/c9-3-6-13(11,12)7-8-1-4-10-5-2-8/h1-2,4-5H,6-7H2. The van der Waals surface area contributed by atoms with Crippen LogP contribution < -0.4 is 0 Å². The van der Waals surface area contributed by atoms with Gasteiger partial charge in [-0.25, -0.2) is 8.42 Å². The summed E-state index contributed by atoms with van der Waals surface area (Å²) >= 11 is 0. The highest BCUT2D eigenvalue weighted by molar-refractivity contribution is 7.90. The lowest BCUT2D eigenvalue weighted by Gasteiger charge is -1.98. The highest BCUT2D eigenvalue weighted by Crippen LogP contribution is 2.04. The topological polar surface area (TPSA) is 70.8 Å². The Hall–Kier alpha value is -1.41. The van der Waals surface area contributed by atoms with Gasteiger partial charge in [0, 0.05) is 12.4 Å². The van der Waals surface area contributed by atoms with E-state index >= 15 is 0 Å². The minimum atomic E-state index is -3.27. The molecule has 0 N–H and O–H groups in total. The van der Waals surface area contributed by atoms with Gasteiger partial charge in [0.15, 0.2) is 9.84 Å². The van der Waals surface area contributed by atoms with E-state index in [2.05, 4.69) is 4.98 Å². The summed E-state index contributed by atoms with van der Waals surface area (Å²) in [6, 6.07) is 4.86. The molecule has 68 valence electrons. The highest BCUT2D eigenvalue weighted by atomic mass is 32.2. The van der Waals surface area contributed by atoms with Crippen molar-refractivity contribution >= 4 is 9.84 Å². The van der Waals surface area contributed by atoms with E-state index in [1.54, 1.807) is 18.2 Å². The molecule has 4 nitrogen and oxygen atoms in total. The van der Waals surface area contributed by atoms with Gasteiger partial charge in [-0.3, -0.25) is 4.98 Å². The predicted molar refractivity (Wildman–Crippen MR) is 47.3 cm³/mol. The van der Waals surface area contributed by atoms with E-state index in [-0.39, 0.29) is 5.75 Å². The molecule has 0 spiro atoms. The van der Waals surface area contributed by atoms with Crippen LogP contribution in [0.2, 0.25) is 0 Å². The first-order valence-corrected chi connectivity index (χ1v) is 5.42. The molecule has 0 unspecified atom stereocenters. The third-order valence-electron chi connectivity index (χ3n) is 1.42. The van der Waals surface area contributed by atoms with Crippen LogP contribution in [0.4, 0.5) is 0 Å². The molecular formula is C8H8N2O2S. The fraction of sp³-hybridized carbons (Fsp3) is 0.250. The lowest BCUT2D eigenvalue weighted by molar-refractivity contribution is 0.598. The lowest BCUT2D eigenvalue weighted by atomic mass is 10.3. The summed E-state index contributed by atoms with van der Waals surface area (Å²) in [6.07, 6.45) is 3.05. The lowest BCUT2D eigenvalue weighted by Crippen LogP contribution is -2.07. The normalized spacial score (nSPS) is 10.7. The number of hydrogen-bond donors (Lipinski definition) is 0. The smallest absolute Gasteiger partial charge is 0.167 e. The summed E-state index contributed by atoms with van der Waals surface area (Å²) in [5.41, 5.74) is 0.658. The van der Waals surface area contributed by atoms with Gasteiger partial charge < -0.3 is 0 Å². The second kappa shape index (κ2) is 4.01. The number of hydrogen-bond acceptors (Lipinski definition) is 4. The zero-order valence-corrected chi connectivity index (χ0v) is 7.66. The first-order chi connectivity index (χ1) is 6.14. The van der Waals surface area contributed by atoms with Crippen molar-refractivity contribution in [3.05, 3.63) is 30.1 Å². The van der Waals surface area contributed by atoms with Gasteiger partial charge in [-0.2, -0.15) is 5.26 Å². The third kappa shape index (κ3) is 3.22. The zero-order chi connectivity index (χ0) is 9.73. The summed E-state index contributed by atoms with van der Waals surface area (Å²) in [7, 11) is -3.27. The number of aromatic nitrogens is 1. The molecule has 13 heavy (non-hydrogen) atoms. The van der Waals surface area contributed by atoms with Crippen LogP contribution in [0.25, 0.3) is 0 Å². The highest BCUT2D eigenvalue weighted by Gasteiger charge is 2.10. The van der Waals surface area contributed by atoms with Crippen molar-refractivity contribution in [3.63, 3.8) is 0 Å². The number of pyridine rings is 1. The number of nitrogens with zero attached hydrogens (tertiary/aromatic N) is 2. The van der Waals surface area contributed by atoms with Crippen LogP contribution in [0.5, 0.6) is 0 Å². The molecule has 1 aromatic heterocycles.